The van der Waals surface area contributed by atoms with Crippen molar-refractivity contribution >= 4 is 16.9 Å². The van der Waals surface area contributed by atoms with Crippen LogP contribution in [0.15, 0.2) is 65.4 Å². The summed E-state index contributed by atoms with van der Waals surface area (Å²) in [7, 11) is 0. The lowest BCUT2D eigenvalue weighted by atomic mass is 10.1. The van der Waals surface area contributed by atoms with E-state index < -0.39 is 5.97 Å². The third-order valence-corrected chi connectivity index (χ3v) is 3.74. The highest BCUT2D eigenvalue weighted by atomic mass is 16.5. The molecule has 0 bridgehead atoms. The standard InChI is InChI=1S/C19H13N3O3/c1-12-10-16(15-4-2-3-5-17(15)21-12)19(23)25-14-8-6-13(7-9-14)18-22-20-11-24-18/h2-11H,1H3. The second kappa shape index (κ2) is 6.16. The molecule has 0 spiro atoms. The van der Waals surface area contributed by atoms with E-state index in [1.165, 1.54) is 6.39 Å². The number of aryl methyl sites for hydroxylation is 1. The van der Waals surface area contributed by atoms with Crippen molar-refractivity contribution in [1.82, 2.24) is 15.2 Å². The first kappa shape index (κ1) is 15.0. The highest BCUT2D eigenvalue weighted by Crippen LogP contribution is 2.23. The number of benzene rings is 2. The Balaban J connectivity index is 1.62. The van der Waals surface area contributed by atoms with Gasteiger partial charge >= 0.3 is 5.97 Å². The van der Waals surface area contributed by atoms with Crippen molar-refractivity contribution < 1.29 is 13.9 Å². The van der Waals surface area contributed by atoms with Crippen molar-refractivity contribution in [3.8, 4) is 17.2 Å². The Morgan fingerprint density at radius 1 is 1.08 bits per heavy atom. The molecular weight excluding hydrogens is 318 g/mol. The number of pyridine rings is 1. The summed E-state index contributed by atoms with van der Waals surface area (Å²) in [6.45, 7) is 1.85. The third kappa shape index (κ3) is 2.97. The van der Waals surface area contributed by atoms with Gasteiger partial charge in [0.25, 0.3) is 0 Å². The second-order valence-electron chi connectivity index (χ2n) is 5.49. The highest BCUT2D eigenvalue weighted by molar-refractivity contribution is 6.04. The Labute approximate surface area is 143 Å². The predicted molar refractivity (Wildman–Crippen MR) is 91.2 cm³/mol. The van der Waals surface area contributed by atoms with E-state index in [0.717, 1.165) is 22.2 Å². The van der Waals surface area contributed by atoms with Gasteiger partial charge < -0.3 is 9.15 Å². The van der Waals surface area contributed by atoms with Crippen LogP contribution in [0.3, 0.4) is 0 Å². The maximum absolute atomic E-state index is 12.6. The number of aromatic nitrogens is 3. The number of hydrogen-bond acceptors (Lipinski definition) is 6. The molecule has 6 nitrogen and oxygen atoms in total. The molecule has 0 unspecified atom stereocenters. The van der Waals surface area contributed by atoms with Crippen LogP contribution in [-0.2, 0) is 0 Å². The average molecular weight is 331 g/mol. The molecule has 0 aliphatic heterocycles. The number of fused-ring (bicyclic) bond motifs is 1. The number of rotatable bonds is 3. The molecule has 2 heterocycles. The summed E-state index contributed by atoms with van der Waals surface area (Å²) < 4.78 is 10.6. The lowest BCUT2D eigenvalue weighted by molar-refractivity contribution is 0.0736. The molecule has 6 heteroatoms. The largest absolute Gasteiger partial charge is 0.423 e. The fraction of sp³-hybridized carbons (Fsp3) is 0.0526. The third-order valence-electron chi connectivity index (χ3n) is 3.74. The maximum Gasteiger partial charge on any atom is 0.344 e. The Kier molecular flexibility index (Phi) is 3.70. The summed E-state index contributed by atoms with van der Waals surface area (Å²) in [5, 5.41) is 8.24. The van der Waals surface area contributed by atoms with E-state index in [-0.39, 0.29) is 0 Å². The zero-order chi connectivity index (χ0) is 17.2. The van der Waals surface area contributed by atoms with Crippen LogP contribution in [-0.4, -0.2) is 21.2 Å². The summed E-state index contributed by atoms with van der Waals surface area (Å²) in [5.74, 6) is 0.424. The molecule has 2 aromatic carbocycles. The summed E-state index contributed by atoms with van der Waals surface area (Å²) in [4.78, 5) is 17.0. The first-order valence-electron chi connectivity index (χ1n) is 7.66. The first-order chi connectivity index (χ1) is 12.2. The Hall–Kier alpha value is -3.54. The van der Waals surface area contributed by atoms with Gasteiger partial charge in [0.2, 0.25) is 12.3 Å². The van der Waals surface area contributed by atoms with Gasteiger partial charge in [-0.2, -0.15) is 0 Å². The van der Waals surface area contributed by atoms with Crippen molar-refractivity contribution in [1.29, 1.82) is 0 Å². The number of carbonyl (C=O) groups excluding carboxylic acids is 1. The first-order valence-corrected chi connectivity index (χ1v) is 7.66. The van der Waals surface area contributed by atoms with Gasteiger partial charge in [-0.3, -0.25) is 4.98 Å². The molecule has 0 N–H and O–H groups in total. The Morgan fingerprint density at radius 3 is 2.64 bits per heavy atom. The summed E-state index contributed by atoms with van der Waals surface area (Å²) in [6.07, 6.45) is 1.26. The molecule has 0 amide bonds. The van der Waals surface area contributed by atoms with Gasteiger partial charge in [0.1, 0.15) is 5.75 Å². The van der Waals surface area contributed by atoms with E-state index in [1.54, 1.807) is 30.3 Å². The Morgan fingerprint density at radius 2 is 1.88 bits per heavy atom. The number of hydrogen-bond donors (Lipinski definition) is 0. The minimum atomic E-state index is -0.424. The normalized spacial score (nSPS) is 10.8. The average Bonchev–Trinajstić information content (AvgIpc) is 3.16. The van der Waals surface area contributed by atoms with E-state index in [4.69, 9.17) is 9.15 Å². The van der Waals surface area contributed by atoms with E-state index in [9.17, 15) is 4.79 Å². The molecule has 0 radical (unpaired) electrons. The maximum atomic E-state index is 12.6. The lowest BCUT2D eigenvalue weighted by Gasteiger charge is -2.08. The molecule has 0 saturated heterocycles. The Bertz CT molecular complexity index is 1040. The number of para-hydroxylation sites is 1. The number of nitrogens with zero attached hydrogens (tertiary/aromatic N) is 3. The van der Waals surface area contributed by atoms with Gasteiger partial charge in [-0.05, 0) is 43.3 Å². The predicted octanol–water partition coefficient (Wildman–Crippen LogP) is 3.81. The zero-order valence-electron chi connectivity index (χ0n) is 13.3. The molecule has 4 rings (SSSR count). The number of carbonyl (C=O) groups is 1. The molecule has 0 fully saturated rings. The number of esters is 1. The summed E-state index contributed by atoms with van der Waals surface area (Å²) in [5.41, 5.74) is 2.77. The van der Waals surface area contributed by atoms with Crippen LogP contribution >= 0.6 is 0 Å². The SMILES string of the molecule is Cc1cc(C(=O)Oc2ccc(-c3nnco3)cc2)c2ccccc2n1. The topological polar surface area (TPSA) is 78.1 Å². The van der Waals surface area contributed by atoms with Gasteiger partial charge in [0.15, 0.2) is 0 Å². The monoisotopic (exact) mass is 331 g/mol. The smallest absolute Gasteiger partial charge is 0.344 e. The van der Waals surface area contributed by atoms with Gasteiger partial charge in [-0.15, -0.1) is 10.2 Å². The summed E-state index contributed by atoms with van der Waals surface area (Å²) >= 11 is 0. The quantitative estimate of drug-likeness (QED) is 0.419. The fourth-order valence-electron chi connectivity index (χ4n) is 2.60. The van der Waals surface area contributed by atoms with Crippen molar-refractivity contribution in [3.63, 3.8) is 0 Å². The van der Waals surface area contributed by atoms with Crippen molar-refractivity contribution in [2.45, 2.75) is 6.92 Å². The van der Waals surface area contributed by atoms with Crippen LogP contribution in [0.1, 0.15) is 16.1 Å². The van der Waals surface area contributed by atoms with Crippen molar-refractivity contribution in [2.75, 3.05) is 0 Å². The fourth-order valence-corrected chi connectivity index (χ4v) is 2.60. The number of ether oxygens (including phenoxy) is 1. The lowest BCUT2D eigenvalue weighted by Crippen LogP contribution is -2.10. The molecule has 0 atom stereocenters. The van der Waals surface area contributed by atoms with Gasteiger partial charge in [-0.25, -0.2) is 4.79 Å². The van der Waals surface area contributed by atoms with Crippen LogP contribution in [0.25, 0.3) is 22.4 Å². The van der Waals surface area contributed by atoms with Crippen LogP contribution in [0, 0.1) is 6.92 Å². The highest BCUT2D eigenvalue weighted by Gasteiger charge is 2.14. The van der Waals surface area contributed by atoms with E-state index >= 15 is 0 Å². The molecule has 0 aliphatic carbocycles. The van der Waals surface area contributed by atoms with Gasteiger partial charge in [0, 0.05) is 16.6 Å². The van der Waals surface area contributed by atoms with Gasteiger partial charge in [-0.1, -0.05) is 18.2 Å². The van der Waals surface area contributed by atoms with E-state index in [0.29, 0.717) is 17.2 Å². The van der Waals surface area contributed by atoms with Gasteiger partial charge in [0.05, 0.1) is 11.1 Å². The zero-order valence-corrected chi connectivity index (χ0v) is 13.3. The van der Waals surface area contributed by atoms with Crippen LogP contribution in [0.5, 0.6) is 5.75 Å². The van der Waals surface area contributed by atoms with Crippen molar-refractivity contribution in [3.05, 3.63) is 72.2 Å². The van der Waals surface area contributed by atoms with Crippen LogP contribution in [0.4, 0.5) is 0 Å². The minimum absolute atomic E-state index is 0.411. The molecule has 25 heavy (non-hydrogen) atoms. The van der Waals surface area contributed by atoms with Crippen molar-refractivity contribution in [2.24, 2.45) is 0 Å². The van der Waals surface area contributed by atoms with Crippen LogP contribution < -0.4 is 4.74 Å². The molecular formula is C19H13N3O3. The minimum Gasteiger partial charge on any atom is -0.423 e. The molecule has 2 aromatic heterocycles. The molecule has 0 aliphatic rings. The summed E-state index contributed by atoms with van der Waals surface area (Å²) in [6, 6.07) is 16.1. The molecule has 122 valence electrons. The second-order valence-corrected chi connectivity index (χ2v) is 5.49. The van der Waals surface area contributed by atoms with E-state index in [2.05, 4.69) is 15.2 Å². The molecule has 0 saturated carbocycles. The van der Waals surface area contributed by atoms with E-state index in [1.807, 2.05) is 31.2 Å². The van der Waals surface area contributed by atoms with Crippen LogP contribution in [0.2, 0.25) is 0 Å². The molecule has 4 aromatic rings.